The molecule has 0 aliphatic rings. The summed E-state index contributed by atoms with van der Waals surface area (Å²) in [6, 6.07) is 9.84. The number of likely N-dealkylation sites (N-methyl/N-ethyl adjacent to an activating group) is 1. The molecule has 0 unspecified atom stereocenters. The number of ether oxygens (including phenoxy) is 1. The zero-order chi connectivity index (χ0) is 15.8. The summed E-state index contributed by atoms with van der Waals surface area (Å²) in [6.07, 6.45) is 3.06. The van der Waals surface area contributed by atoms with Crippen molar-refractivity contribution in [1.29, 1.82) is 5.26 Å². The first-order valence-corrected chi connectivity index (χ1v) is 7.01. The van der Waals surface area contributed by atoms with Crippen molar-refractivity contribution < 1.29 is 4.74 Å². The van der Waals surface area contributed by atoms with E-state index < -0.39 is 0 Å². The van der Waals surface area contributed by atoms with Crippen LogP contribution in [0.15, 0.2) is 36.7 Å². The van der Waals surface area contributed by atoms with E-state index in [1.807, 2.05) is 44.4 Å². The van der Waals surface area contributed by atoms with E-state index in [0.29, 0.717) is 19.0 Å². The lowest BCUT2D eigenvalue weighted by Crippen LogP contribution is -2.20. The second kappa shape index (κ2) is 7.96. The first-order chi connectivity index (χ1) is 10.7. The van der Waals surface area contributed by atoms with Crippen molar-refractivity contribution in [2.75, 3.05) is 32.6 Å². The highest BCUT2D eigenvalue weighted by Crippen LogP contribution is 2.19. The normalized spacial score (nSPS) is 10.3. The highest BCUT2D eigenvalue weighted by Gasteiger charge is 2.07. The Hall–Kier alpha value is -2.65. The van der Waals surface area contributed by atoms with Gasteiger partial charge >= 0.3 is 0 Å². The Balaban J connectivity index is 2.02. The fraction of sp³-hybridized carbons (Fsp3) is 0.312. The van der Waals surface area contributed by atoms with Crippen LogP contribution in [0.4, 0.5) is 5.82 Å². The molecule has 1 heterocycles. The van der Waals surface area contributed by atoms with Gasteiger partial charge in [0.15, 0.2) is 11.5 Å². The lowest BCUT2D eigenvalue weighted by Gasteiger charge is -2.14. The Kier molecular flexibility index (Phi) is 5.69. The highest BCUT2D eigenvalue weighted by molar-refractivity contribution is 5.48. The Morgan fingerprint density at radius 2 is 2.00 bits per heavy atom. The maximum absolute atomic E-state index is 9.02. The molecule has 1 aromatic heterocycles. The predicted molar refractivity (Wildman–Crippen MR) is 84.6 cm³/mol. The summed E-state index contributed by atoms with van der Waals surface area (Å²) in [6.45, 7) is 1.99. The molecule has 22 heavy (non-hydrogen) atoms. The van der Waals surface area contributed by atoms with Crippen LogP contribution in [-0.2, 0) is 6.54 Å². The summed E-state index contributed by atoms with van der Waals surface area (Å²) in [5.74, 6) is 1.31. The first-order valence-electron chi connectivity index (χ1n) is 7.01. The van der Waals surface area contributed by atoms with Crippen molar-refractivity contribution in [3.8, 4) is 11.8 Å². The Labute approximate surface area is 130 Å². The van der Waals surface area contributed by atoms with Crippen molar-refractivity contribution in [2.24, 2.45) is 0 Å². The van der Waals surface area contributed by atoms with E-state index in [2.05, 4.69) is 20.2 Å². The zero-order valence-electron chi connectivity index (χ0n) is 12.8. The molecule has 6 nitrogen and oxygen atoms in total. The number of hydrogen-bond acceptors (Lipinski definition) is 6. The smallest absolute Gasteiger partial charge is 0.182 e. The molecule has 6 heteroatoms. The van der Waals surface area contributed by atoms with Gasteiger partial charge in [-0.3, -0.25) is 0 Å². The molecule has 0 aliphatic heterocycles. The molecule has 1 N–H and O–H groups in total. The molecule has 0 atom stereocenters. The van der Waals surface area contributed by atoms with Crippen LogP contribution in [0.1, 0.15) is 11.3 Å². The molecule has 0 amide bonds. The third kappa shape index (κ3) is 4.43. The van der Waals surface area contributed by atoms with Gasteiger partial charge in [0.2, 0.25) is 0 Å². The molecule has 0 spiro atoms. The van der Waals surface area contributed by atoms with E-state index in [9.17, 15) is 0 Å². The van der Waals surface area contributed by atoms with Gasteiger partial charge in [-0.15, -0.1) is 0 Å². The molecule has 0 saturated heterocycles. The molecule has 0 radical (unpaired) electrons. The number of nitriles is 1. The van der Waals surface area contributed by atoms with Gasteiger partial charge in [0.25, 0.3) is 0 Å². The second-order valence-corrected chi connectivity index (χ2v) is 4.98. The molecular formula is C16H19N5O. The molecule has 0 bridgehead atoms. The maximum atomic E-state index is 9.02. The largest absolute Gasteiger partial charge is 0.492 e. The number of nitrogens with zero attached hydrogens (tertiary/aromatic N) is 4. The van der Waals surface area contributed by atoms with E-state index in [1.54, 1.807) is 6.20 Å². The molecule has 0 fully saturated rings. The third-order valence-electron chi connectivity index (χ3n) is 3.02. The molecule has 0 saturated carbocycles. The van der Waals surface area contributed by atoms with Crippen LogP contribution in [0.5, 0.6) is 5.75 Å². The first kappa shape index (κ1) is 15.7. The van der Waals surface area contributed by atoms with Crippen LogP contribution in [0, 0.1) is 11.3 Å². The average molecular weight is 297 g/mol. The van der Waals surface area contributed by atoms with Crippen molar-refractivity contribution >= 4 is 5.82 Å². The van der Waals surface area contributed by atoms with E-state index in [-0.39, 0.29) is 5.69 Å². The molecule has 2 aromatic rings. The summed E-state index contributed by atoms with van der Waals surface area (Å²) in [5, 5.41) is 12.2. The van der Waals surface area contributed by atoms with Gasteiger partial charge in [0, 0.05) is 31.0 Å². The predicted octanol–water partition coefficient (Wildman–Crippen LogP) is 1.90. The number of para-hydroxylation sites is 1. The molecular weight excluding hydrogens is 278 g/mol. The lowest BCUT2D eigenvalue weighted by molar-refractivity contribution is 0.259. The lowest BCUT2D eigenvalue weighted by atomic mass is 10.2. The number of rotatable bonds is 7. The van der Waals surface area contributed by atoms with Crippen molar-refractivity contribution in [3.05, 3.63) is 47.9 Å². The molecule has 114 valence electrons. The van der Waals surface area contributed by atoms with Crippen LogP contribution in [0.3, 0.4) is 0 Å². The van der Waals surface area contributed by atoms with Gasteiger partial charge < -0.3 is 15.0 Å². The van der Waals surface area contributed by atoms with Gasteiger partial charge in [-0.1, -0.05) is 18.2 Å². The minimum atomic E-state index is 0.286. The van der Waals surface area contributed by atoms with Crippen LogP contribution in [0.25, 0.3) is 0 Å². The van der Waals surface area contributed by atoms with Gasteiger partial charge in [-0.2, -0.15) is 5.26 Å². The van der Waals surface area contributed by atoms with Gasteiger partial charge in [-0.25, -0.2) is 9.97 Å². The number of nitrogens with one attached hydrogen (secondary N) is 1. The minimum absolute atomic E-state index is 0.286. The van der Waals surface area contributed by atoms with Crippen molar-refractivity contribution in [1.82, 2.24) is 14.9 Å². The Morgan fingerprint density at radius 3 is 2.77 bits per heavy atom. The van der Waals surface area contributed by atoms with Gasteiger partial charge in [0.05, 0.1) is 0 Å². The monoisotopic (exact) mass is 297 g/mol. The summed E-state index contributed by atoms with van der Waals surface area (Å²) < 4.78 is 5.81. The van der Waals surface area contributed by atoms with E-state index >= 15 is 0 Å². The topological polar surface area (TPSA) is 74.1 Å². The summed E-state index contributed by atoms with van der Waals surface area (Å²) in [5.41, 5.74) is 1.30. The highest BCUT2D eigenvalue weighted by atomic mass is 16.5. The van der Waals surface area contributed by atoms with Crippen LogP contribution >= 0.6 is 0 Å². The molecule has 0 aliphatic carbocycles. The van der Waals surface area contributed by atoms with Crippen LogP contribution in [0.2, 0.25) is 0 Å². The SMILES string of the molecule is CN(C)CCOc1ccccc1CNc1nccnc1C#N. The summed E-state index contributed by atoms with van der Waals surface area (Å²) >= 11 is 0. The zero-order valence-corrected chi connectivity index (χ0v) is 12.8. The fourth-order valence-electron chi connectivity index (χ4n) is 1.86. The van der Waals surface area contributed by atoms with Crippen molar-refractivity contribution in [3.63, 3.8) is 0 Å². The van der Waals surface area contributed by atoms with E-state index in [4.69, 9.17) is 10.00 Å². The van der Waals surface area contributed by atoms with Gasteiger partial charge in [-0.05, 0) is 20.2 Å². The van der Waals surface area contributed by atoms with Crippen LogP contribution in [-0.4, -0.2) is 42.1 Å². The number of aromatic nitrogens is 2. The number of benzene rings is 1. The Morgan fingerprint density at radius 1 is 1.23 bits per heavy atom. The summed E-state index contributed by atoms with van der Waals surface area (Å²) in [4.78, 5) is 10.2. The molecule has 1 aromatic carbocycles. The standard InChI is InChI=1S/C16H19N5O/c1-21(2)9-10-22-15-6-4-3-5-13(15)12-20-16-14(11-17)18-7-8-19-16/h3-8H,9-10,12H2,1-2H3,(H,19,20). The number of anilines is 1. The Bertz CT molecular complexity index is 651. The van der Waals surface area contributed by atoms with Crippen molar-refractivity contribution in [2.45, 2.75) is 6.54 Å². The van der Waals surface area contributed by atoms with Gasteiger partial charge in [0.1, 0.15) is 18.4 Å². The maximum Gasteiger partial charge on any atom is 0.182 e. The second-order valence-electron chi connectivity index (χ2n) is 4.98. The van der Waals surface area contributed by atoms with E-state index in [0.717, 1.165) is 17.9 Å². The number of hydrogen-bond donors (Lipinski definition) is 1. The van der Waals surface area contributed by atoms with E-state index in [1.165, 1.54) is 6.20 Å². The quantitative estimate of drug-likeness (QED) is 0.841. The average Bonchev–Trinajstić information content (AvgIpc) is 2.54. The third-order valence-corrected chi connectivity index (χ3v) is 3.02. The summed E-state index contributed by atoms with van der Waals surface area (Å²) in [7, 11) is 4.02. The fourth-order valence-corrected chi connectivity index (χ4v) is 1.86. The molecule has 2 rings (SSSR count). The minimum Gasteiger partial charge on any atom is -0.492 e. The van der Waals surface area contributed by atoms with Crippen LogP contribution < -0.4 is 10.1 Å².